The van der Waals surface area contributed by atoms with E-state index >= 15 is 0 Å². The molecule has 1 heterocycles. The summed E-state index contributed by atoms with van der Waals surface area (Å²) in [4.78, 5) is 2.89. The van der Waals surface area contributed by atoms with Gasteiger partial charge in [-0.3, -0.25) is 4.98 Å². The van der Waals surface area contributed by atoms with Gasteiger partial charge in [-0.05, 0) is 6.07 Å². The van der Waals surface area contributed by atoms with Crippen molar-refractivity contribution in [2.75, 3.05) is 0 Å². The molecular formula is C7H2F6NS-. The van der Waals surface area contributed by atoms with E-state index in [9.17, 15) is 26.3 Å². The number of hydrogen-bond acceptors (Lipinski definition) is 2. The summed E-state index contributed by atoms with van der Waals surface area (Å²) in [6.07, 6.45) is -9.51. The van der Waals surface area contributed by atoms with Gasteiger partial charge < -0.3 is 12.6 Å². The van der Waals surface area contributed by atoms with Crippen LogP contribution in [0.25, 0.3) is 0 Å². The second kappa shape index (κ2) is 3.51. The van der Waals surface area contributed by atoms with E-state index in [2.05, 4.69) is 17.6 Å². The number of halogens is 6. The van der Waals surface area contributed by atoms with Crippen molar-refractivity contribution in [1.29, 1.82) is 0 Å². The smallest absolute Gasteiger partial charge is 0.417 e. The Morgan fingerprint density at radius 1 is 1.00 bits per heavy atom. The molecule has 0 aliphatic carbocycles. The Morgan fingerprint density at radius 3 is 1.93 bits per heavy atom. The summed E-state index contributed by atoms with van der Waals surface area (Å²) >= 11 is 4.18. The lowest BCUT2D eigenvalue weighted by molar-refractivity contribution is -0.145. The molecule has 0 aliphatic rings. The van der Waals surface area contributed by atoms with Gasteiger partial charge in [0.05, 0.1) is 11.1 Å². The highest BCUT2D eigenvalue weighted by molar-refractivity contribution is 7.58. The first-order chi connectivity index (χ1) is 6.62. The van der Waals surface area contributed by atoms with Gasteiger partial charge in [0.1, 0.15) is 0 Å². The molecule has 0 saturated carbocycles. The van der Waals surface area contributed by atoms with Gasteiger partial charge in [0.15, 0.2) is 0 Å². The third-order valence-electron chi connectivity index (χ3n) is 1.48. The van der Waals surface area contributed by atoms with E-state index in [-0.39, 0.29) is 12.3 Å². The van der Waals surface area contributed by atoms with Crippen LogP contribution >= 0.6 is 0 Å². The number of rotatable bonds is 0. The zero-order valence-corrected chi connectivity index (χ0v) is 7.59. The molecular weight excluding hydrogens is 244 g/mol. The van der Waals surface area contributed by atoms with E-state index in [0.717, 1.165) is 0 Å². The normalized spacial score (nSPS) is 12.9. The number of pyridine rings is 1. The van der Waals surface area contributed by atoms with E-state index in [1.54, 1.807) is 0 Å². The van der Waals surface area contributed by atoms with E-state index in [1.165, 1.54) is 0 Å². The third-order valence-corrected chi connectivity index (χ3v) is 1.81. The minimum Gasteiger partial charge on any atom is -0.760 e. The molecule has 0 amide bonds. The van der Waals surface area contributed by atoms with Crippen molar-refractivity contribution in [2.45, 2.75) is 17.4 Å². The van der Waals surface area contributed by atoms with Gasteiger partial charge in [0, 0.05) is 6.20 Å². The molecule has 0 unspecified atom stereocenters. The minimum atomic E-state index is -4.93. The number of hydrogen-bond donors (Lipinski definition) is 0. The maximum absolute atomic E-state index is 12.1. The van der Waals surface area contributed by atoms with Crippen LogP contribution in [0, 0.1) is 0 Å². The summed E-state index contributed by atoms with van der Waals surface area (Å²) in [5, 5.41) is -0.893. The Morgan fingerprint density at radius 2 is 1.53 bits per heavy atom. The molecule has 0 bridgehead atoms. The van der Waals surface area contributed by atoms with Crippen molar-refractivity contribution in [3.8, 4) is 0 Å². The molecule has 84 valence electrons. The van der Waals surface area contributed by atoms with Crippen LogP contribution < -0.4 is 0 Å². The molecule has 0 atom stereocenters. The number of aromatic nitrogens is 1. The molecule has 0 fully saturated rings. The molecule has 0 saturated heterocycles. The van der Waals surface area contributed by atoms with Crippen LogP contribution in [0.15, 0.2) is 17.3 Å². The van der Waals surface area contributed by atoms with E-state index in [1.807, 2.05) is 0 Å². The zero-order chi connectivity index (χ0) is 11.9. The van der Waals surface area contributed by atoms with E-state index < -0.39 is 28.5 Å². The first-order valence-electron chi connectivity index (χ1n) is 3.44. The fourth-order valence-electron chi connectivity index (χ4n) is 0.810. The molecule has 1 aromatic rings. The summed E-state index contributed by atoms with van der Waals surface area (Å²) in [5.41, 5.74) is -3.02. The van der Waals surface area contributed by atoms with Gasteiger partial charge in [-0.2, -0.15) is 26.3 Å². The van der Waals surface area contributed by atoms with Crippen molar-refractivity contribution in [3.05, 3.63) is 23.4 Å². The Balaban J connectivity index is 3.30. The van der Waals surface area contributed by atoms with Crippen LogP contribution in [0.4, 0.5) is 26.3 Å². The van der Waals surface area contributed by atoms with Gasteiger partial charge in [-0.25, -0.2) is 0 Å². The lowest BCUT2D eigenvalue weighted by atomic mass is 10.2. The Kier molecular flexibility index (Phi) is 2.81. The minimum absolute atomic E-state index is 0.0463. The molecule has 0 N–H and O–H groups in total. The van der Waals surface area contributed by atoms with Crippen molar-refractivity contribution in [2.24, 2.45) is 0 Å². The van der Waals surface area contributed by atoms with Gasteiger partial charge in [0.25, 0.3) is 0 Å². The van der Waals surface area contributed by atoms with Crippen molar-refractivity contribution in [1.82, 2.24) is 4.98 Å². The number of alkyl halides is 6. The first-order valence-corrected chi connectivity index (χ1v) is 3.84. The summed E-state index contributed by atoms with van der Waals surface area (Å²) in [7, 11) is 0. The fourth-order valence-corrected chi connectivity index (χ4v) is 1.04. The van der Waals surface area contributed by atoms with Crippen LogP contribution in [0.2, 0.25) is 0 Å². The lowest BCUT2D eigenvalue weighted by Gasteiger charge is -2.17. The third kappa shape index (κ3) is 2.71. The molecule has 0 spiro atoms. The highest BCUT2D eigenvalue weighted by atomic mass is 32.1. The zero-order valence-electron chi connectivity index (χ0n) is 6.78. The summed E-state index contributed by atoms with van der Waals surface area (Å²) in [6, 6.07) is -0.0463. The maximum atomic E-state index is 12.1. The van der Waals surface area contributed by atoms with Crippen LogP contribution in [-0.4, -0.2) is 4.98 Å². The van der Waals surface area contributed by atoms with Crippen molar-refractivity contribution in [3.63, 3.8) is 0 Å². The Labute approximate surface area is 85.5 Å². The standard InChI is InChI=1S/C7H3F6NS/c8-6(9,10)3-1-4(7(11,12)13)5(15)14-2-3/h1-2H,(H,14,15)/p-1. The van der Waals surface area contributed by atoms with Gasteiger partial charge in [0.2, 0.25) is 0 Å². The number of nitrogens with zero attached hydrogens (tertiary/aromatic N) is 1. The lowest BCUT2D eigenvalue weighted by Crippen LogP contribution is -2.13. The van der Waals surface area contributed by atoms with Gasteiger partial charge in [-0.15, -0.1) is 0 Å². The molecule has 0 aromatic carbocycles. The average Bonchev–Trinajstić information content (AvgIpc) is 2.00. The van der Waals surface area contributed by atoms with Crippen molar-refractivity contribution >= 4 is 12.6 Å². The first kappa shape index (κ1) is 12.0. The largest absolute Gasteiger partial charge is 0.760 e. The molecule has 0 radical (unpaired) electrons. The quantitative estimate of drug-likeness (QED) is 0.515. The van der Waals surface area contributed by atoms with Gasteiger partial charge >= 0.3 is 12.4 Å². The molecule has 15 heavy (non-hydrogen) atoms. The van der Waals surface area contributed by atoms with Gasteiger partial charge in [-0.1, -0.05) is 5.03 Å². The average molecular weight is 246 g/mol. The van der Waals surface area contributed by atoms with Crippen molar-refractivity contribution < 1.29 is 26.3 Å². The predicted molar refractivity (Wildman–Crippen MR) is 39.9 cm³/mol. The molecule has 1 nitrogen and oxygen atoms in total. The molecule has 1 aromatic heterocycles. The van der Waals surface area contributed by atoms with E-state index in [4.69, 9.17) is 0 Å². The predicted octanol–water partition coefficient (Wildman–Crippen LogP) is 3.03. The fraction of sp³-hybridized carbons (Fsp3) is 0.286. The highest BCUT2D eigenvalue weighted by Crippen LogP contribution is 2.36. The van der Waals surface area contributed by atoms with Crippen LogP contribution in [0.1, 0.15) is 11.1 Å². The maximum Gasteiger partial charge on any atom is 0.417 e. The molecule has 0 aliphatic heterocycles. The molecule has 8 heteroatoms. The second-order valence-corrected chi connectivity index (χ2v) is 2.96. The summed E-state index contributed by atoms with van der Waals surface area (Å²) in [6.45, 7) is 0. The Bertz CT molecular complexity index is 369. The van der Waals surface area contributed by atoms with E-state index in [0.29, 0.717) is 0 Å². The summed E-state index contributed by atoms with van der Waals surface area (Å²) < 4.78 is 72.6. The highest BCUT2D eigenvalue weighted by Gasteiger charge is 2.36. The monoisotopic (exact) mass is 246 g/mol. The Hall–Kier alpha value is -1.05. The topological polar surface area (TPSA) is 12.9 Å². The van der Waals surface area contributed by atoms with Crippen LogP contribution in [0.5, 0.6) is 0 Å². The second-order valence-electron chi connectivity index (χ2n) is 2.57. The summed E-state index contributed by atoms with van der Waals surface area (Å²) in [5.74, 6) is 0. The molecule has 1 rings (SSSR count). The SMILES string of the molecule is FC(F)(F)c1cnc([S-])c(C(F)(F)F)c1. The van der Waals surface area contributed by atoms with Crippen LogP contribution in [0.3, 0.4) is 0 Å². The van der Waals surface area contributed by atoms with Crippen LogP contribution in [-0.2, 0) is 25.0 Å².